The summed E-state index contributed by atoms with van der Waals surface area (Å²) in [4.78, 5) is 2.25. The summed E-state index contributed by atoms with van der Waals surface area (Å²) in [6.07, 6.45) is 1.20. The lowest BCUT2D eigenvalue weighted by Crippen LogP contribution is -2.20. The molecule has 0 radical (unpaired) electrons. The Bertz CT molecular complexity index is 296. The maximum absolute atomic E-state index is 9.61. The van der Waals surface area contributed by atoms with Gasteiger partial charge in [0.1, 0.15) is 5.75 Å². The normalized spacial score (nSPS) is 11.3. The second kappa shape index (κ2) is 5.76. The molecule has 0 amide bonds. The lowest BCUT2D eigenvalue weighted by atomic mass is 10.1. The Morgan fingerprint density at radius 1 is 1.27 bits per heavy atom. The minimum atomic E-state index is 0.397. The van der Waals surface area contributed by atoms with Gasteiger partial charge < -0.3 is 10.0 Å². The molecule has 1 rings (SSSR count). The molecule has 0 aliphatic rings. The van der Waals surface area contributed by atoms with Crippen LogP contribution in [0.15, 0.2) is 24.3 Å². The molecule has 2 heteroatoms. The van der Waals surface area contributed by atoms with Crippen molar-refractivity contribution in [2.75, 3.05) is 13.6 Å². The predicted molar refractivity (Wildman–Crippen MR) is 63.9 cm³/mol. The molecule has 0 spiro atoms. The van der Waals surface area contributed by atoms with Gasteiger partial charge in [-0.25, -0.2) is 0 Å². The van der Waals surface area contributed by atoms with Gasteiger partial charge >= 0.3 is 0 Å². The van der Waals surface area contributed by atoms with Crippen LogP contribution in [0.3, 0.4) is 0 Å². The molecule has 1 N–H and O–H groups in total. The molecular weight excluding hydrogens is 186 g/mol. The number of aromatic hydroxyl groups is 1. The zero-order valence-electron chi connectivity index (χ0n) is 9.90. The molecular formula is C13H21NO. The topological polar surface area (TPSA) is 23.5 Å². The number of hydrogen-bond donors (Lipinski definition) is 1. The predicted octanol–water partition coefficient (Wildman–Crippen LogP) is 2.87. The van der Waals surface area contributed by atoms with Crippen LogP contribution in [-0.4, -0.2) is 23.6 Å². The molecule has 0 saturated heterocycles. The van der Waals surface area contributed by atoms with Crippen molar-refractivity contribution in [3.05, 3.63) is 29.8 Å². The summed E-state index contributed by atoms with van der Waals surface area (Å²) in [7, 11) is 2.09. The largest absolute Gasteiger partial charge is 0.508 e. The van der Waals surface area contributed by atoms with Gasteiger partial charge in [-0.05, 0) is 32.0 Å². The van der Waals surface area contributed by atoms with E-state index in [4.69, 9.17) is 0 Å². The summed E-state index contributed by atoms with van der Waals surface area (Å²) in [5.74, 6) is 1.13. The van der Waals surface area contributed by atoms with Gasteiger partial charge in [0.2, 0.25) is 0 Å². The molecule has 0 aromatic heterocycles. The van der Waals surface area contributed by atoms with E-state index in [1.165, 1.54) is 6.42 Å². The van der Waals surface area contributed by atoms with Gasteiger partial charge in [0, 0.05) is 12.1 Å². The van der Waals surface area contributed by atoms with Crippen LogP contribution in [0.25, 0.3) is 0 Å². The summed E-state index contributed by atoms with van der Waals surface area (Å²) in [6, 6.07) is 7.53. The average molecular weight is 207 g/mol. The van der Waals surface area contributed by atoms with E-state index < -0.39 is 0 Å². The van der Waals surface area contributed by atoms with Gasteiger partial charge in [0.25, 0.3) is 0 Å². The fourth-order valence-corrected chi connectivity index (χ4v) is 1.49. The van der Waals surface area contributed by atoms with Crippen molar-refractivity contribution in [1.82, 2.24) is 4.90 Å². The molecule has 0 fully saturated rings. The van der Waals surface area contributed by atoms with E-state index in [0.717, 1.165) is 24.6 Å². The van der Waals surface area contributed by atoms with Crippen LogP contribution in [0.4, 0.5) is 0 Å². The van der Waals surface area contributed by atoms with Crippen LogP contribution in [0.5, 0.6) is 5.75 Å². The van der Waals surface area contributed by atoms with Crippen molar-refractivity contribution in [2.45, 2.75) is 26.8 Å². The average Bonchev–Trinajstić information content (AvgIpc) is 2.18. The smallest absolute Gasteiger partial charge is 0.120 e. The Labute approximate surface area is 92.5 Å². The Hall–Kier alpha value is -1.02. The van der Waals surface area contributed by atoms with Crippen LogP contribution in [0.2, 0.25) is 0 Å². The van der Waals surface area contributed by atoms with Gasteiger partial charge in [0.05, 0.1) is 0 Å². The highest BCUT2D eigenvalue weighted by atomic mass is 16.3. The number of hydrogen-bond acceptors (Lipinski definition) is 2. The third-order valence-electron chi connectivity index (χ3n) is 2.52. The standard InChI is InChI=1S/C13H21NO/c1-11(2)8-9-14(3)10-12-6-4-5-7-13(12)15/h4-7,11,15H,8-10H2,1-3H3. The van der Waals surface area contributed by atoms with Crippen LogP contribution in [-0.2, 0) is 6.54 Å². The van der Waals surface area contributed by atoms with E-state index >= 15 is 0 Å². The van der Waals surface area contributed by atoms with Crippen molar-refractivity contribution in [3.8, 4) is 5.75 Å². The minimum Gasteiger partial charge on any atom is -0.508 e. The summed E-state index contributed by atoms with van der Waals surface area (Å²) < 4.78 is 0. The number of para-hydroxylation sites is 1. The zero-order valence-corrected chi connectivity index (χ0v) is 9.90. The molecule has 0 bridgehead atoms. The highest BCUT2D eigenvalue weighted by molar-refractivity contribution is 5.31. The second-order valence-electron chi connectivity index (χ2n) is 4.55. The molecule has 1 aromatic rings. The number of phenols is 1. The first-order chi connectivity index (χ1) is 7.09. The molecule has 0 saturated carbocycles. The maximum atomic E-state index is 9.61. The zero-order chi connectivity index (χ0) is 11.3. The van der Waals surface area contributed by atoms with E-state index in [1.807, 2.05) is 18.2 Å². The number of nitrogens with zero attached hydrogens (tertiary/aromatic N) is 1. The fraction of sp³-hybridized carbons (Fsp3) is 0.538. The number of benzene rings is 1. The first-order valence-electron chi connectivity index (χ1n) is 5.55. The molecule has 1 aromatic carbocycles. The third-order valence-corrected chi connectivity index (χ3v) is 2.52. The first-order valence-corrected chi connectivity index (χ1v) is 5.55. The second-order valence-corrected chi connectivity index (χ2v) is 4.55. The lowest BCUT2D eigenvalue weighted by molar-refractivity contribution is 0.298. The van der Waals surface area contributed by atoms with E-state index in [-0.39, 0.29) is 0 Å². The summed E-state index contributed by atoms with van der Waals surface area (Å²) in [6.45, 7) is 6.35. The number of phenolic OH excluding ortho intramolecular Hbond substituents is 1. The molecule has 84 valence electrons. The van der Waals surface area contributed by atoms with E-state index in [0.29, 0.717) is 5.75 Å². The van der Waals surface area contributed by atoms with Crippen molar-refractivity contribution in [2.24, 2.45) is 5.92 Å². The Morgan fingerprint density at radius 2 is 1.93 bits per heavy atom. The highest BCUT2D eigenvalue weighted by Crippen LogP contribution is 2.17. The molecule has 0 aliphatic carbocycles. The molecule has 0 aliphatic heterocycles. The van der Waals surface area contributed by atoms with Gasteiger partial charge in [-0.15, -0.1) is 0 Å². The third kappa shape index (κ3) is 4.34. The van der Waals surface area contributed by atoms with Crippen LogP contribution in [0.1, 0.15) is 25.8 Å². The lowest BCUT2D eigenvalue weighted by Gasteiger charge is -2.18. The van der Waals surface area contributed by atoms with Crippen molar-refractivity contribution in [3.63, 3.8) is 0 Å². The van der Waals surface area contributed by atoms with Gasteiger partial charge in [-0.2, -0.15) is 0 Å². The van der Waals surface area contributed by atoms with Crippen LogP contribution in [0, 0.1) is 5.92 Å². The van der Waals surface area contributed by atoms with E-state index in [2.05, 4.69) is 25.8 Å². The molecule has 0 atom stereocenters. The molecule has 2 nitrogen and oxygen atoms in total. The summed E-state index contributed by atoms with van der Waals surface area (Å²) in [5, 5.41) is 9.61. The fourth-order valence-electron chi connectivity index (χ4n) is 1.49. The monoisotopic (exact) mass is 207 g/mol. The van der Waals surface area contributed by atoms with Gasteiger partial charge in [0.15, 0.2) is 0 Å². The Balaban J connectivity index is 2.44. The first kappa shape index (κ1) is 12.1. The Kier molecular flexibility index (Phi) is 4.63. The SMILES string of the molecule is CC(C)CCN(C)Cc1ccccc1O. The highest BCUT2D eigenvalue weighted by Gasteiger charge is 2.04. The van der Waals surface area contributed by atoms with Crippen molar-refractivity contribution in [1.29, 1.82) is 0 Å². The number of rotatable bonds is 5. The van der Waals surface area contributed by atoms with Gasteiger partial charge in [-0.1, -0.05) is 32.0 Å². The molecule has 0 unspecified atom stereocenters. The van der Waals surface area contributed by atoms with Crippen LogP contribution >= 0.6 is 0 Å². The van der Waals surface area contributed by atoms with Crippen molar-refractivity contribution >= 4 is 0 Å². The quantitative estimate of drug-likeness (QED) is 0.802. The summed E-state index contributed by atoms with van der Waals surface area (Å²) >= 11 is 0. The molecule has 0 heterocycles. The van der Waals surface area contributed by atoms with Crippen LogP contribution < -0.4 is 0 Å². The Morgan fingerprint density at radius 3 is 2.53 bits per heavy atom. The van der Waals surface area contributed by atoms with E-state index in [1.54, 1.807) is 6.07 Å². The van der Waals surface area contributed by atoms with E-state index in [9.17, 15) is 5.11 Å². The van der Waals surface area contributed by atoms with Gasteiger partial charge in [-0.3, -0.25) is 0 Å². The maximum Gasteiger partial charge on any atom is 0.120 e. The molecule has 15 heavy (non-hydrogen) atoms. The van der Waals surface area contributed by atoms with Crippen molar-refractivity contribution < 1.29 is 5.11 Å². The summed E-state index contributed by atoms with van der Waals surface area (Å²) in [5.41, 5.74) is 1.00. The minimum absolute atomic E-state index is 0.397.